The molecule has 0 atom stereocenters. The molecule has 1 amide bonds. The van der Waals surface area contributed by atoms with Crippen molar-refractivity contribution in [2.45, 2.75) is 32.6 Å². The lowest BCUT2D eigenvalue weighted by atomic mass is 10.2. The first-order valence-electron chi connectivity index (χ1n) is 8.03. The van der Waals surface area contributed by atoms with Gasteiger partial charge >= 0.3 is 0 Å². The molecule has 0 unspecified atom stereocenters. The maximum atomic E-state index is 12.8. The highest BCUT2D eigenvalue weighted by Gasteiger charge is 2.29. The molecule has 0 radical (unpaired) electrons. The van der Waals surface area contributed by atoms with Crippen molar-refractivity contribution < 1.29 is 13.2 Å². The molecule has 2 rings (SSSR count). The number of hydrogen-bond donors (Lipinski definition) is 1. The highest BCUT2D eigenvalue weighted by Crippen LogP contribution is 2.21. The van der Waals surface area contributed by atoms with Gasteiger partial charge in [-0.2, -0.15) is 9.40 Å². The van der Waals surface area contributed by atoms with E-state index in [0.29, 0.717) is 17.9 Å². The van der Waals surface area contributed by atoms with Gasteiger partial charge in [-0.15, -0.1) is 0 Å². The van der Waals surface area contributed by atoms with Gasteiger partial charge in [-0.25, -0.2) is 8.42 Å². The summed E-state index contributed by atoms with van der Waals surface area (Å²) in [4.78, 5) is 14.4. The fourth-order valence-corrected chi connectivity index (χ4v) is 4.18. The van der Waals surface area contributed by atoms with Gasteiger partial charge in [-0.1, -0.05) is 12.1 Å². The highest BCUT2D eigenvalue weighted by atomic mass is 32.2. The molecule has 0 fully saturated rings. The van der Waals surface area contributed by atoms with E-state index in [1.807, 2.05) is 38.1 Å². The van der Waals surface area contributed by atoms with Crippen LogP contribution in [0.1, 0.15) is 23.9 Å². The molecule has 1 aromatic heterocycles. The number of aromatic amines is 1. The molecule has 0 spiro atoms. The third-order valence-corrected chi connectivity index (χ3v) is 6.08. The zero-order valence-corrected chi connectivity index (χ0v) is 16.0. The summed E-state index contributed by atoms with van der Waals surface area (Å²) in [6.45, 7) is 7.29. The van der Waals surface area contributed by atoms with E-state index in [4.69, 9.17) is 0 Å². The van der Waals surface area contributed by atoms with Crippen LogP contribution in [0.25, 0.3) is 0 Å². The van der Waals surface area contributed by atoms with Crippen LogP contribution in [-0.2, 0) is 14.8 Å². The Morgan fingerprint density at radius 1 is 1.24 bits per heavy atom. The van der Waals surface area contributed by atoms with Crippen LogP contribution in [0, 0.1) is 20.8 Å². The van der Waals surface area contributed by atoms with Gasteiger partial charge in [0.2, 0.25) is 15.9 Å². The Kier molecular flexibility index (Phi) is 5.64. The van der Waals surface area contributed by atoms with E-state index in [2.05, 4.69) is 10.2 Å². The zero-order chi connectivity index (χ0) is 18.8. The Morgan fingerprint density at radius 2 is 1.92 bits per heavy atom. The molecule has 0 saturated heterocycles. The van der Waals surface area contributed by atoms with Gasteiger partial charge in [-0.05, 0) is 45.4 Å². The van der Waals surface area contributed by atoms with Crippen molar-refractivity contribution in [2.75, 3.05) is 25.0 Å². The molecular formula is C17H24N4O3S. The quantitative estimate of drug-likeness (QED) is 0.849. The topological polar surface area (TPSA) is 86.4 Å². The van der Waals surface area contributed by atoms with Gasteiger partial charge in [-0.3, -0.25) is 9.89 Å². The average molecular weight is 364 g/mol. The largest absolute Gasteiger partial charge is 0.312 e. The molecule has 25 heavy (non-hydrogen) atoms. The van der Waals surface area contributed by atoms with E-state index in [9.17, 15) is 13.2 Å². The molecule has 8 heteroatoms. The lowest BCUT2D eigenvalue weighted by Crippen LogP contribution is -2.41. The standard InChI is InChI=1S/C17H24N4O3S/c1-6-21(15-9-7-8-12(2)10-15)16(22)11-20(5)25(23,24)17-13(3)18-19-14(17)4/h7-10H,6,11H2,1-5H3,(H,18,19). The fourth-order valence-electron chi connectivity index (χ4n) is 2.74. The minimum absolute atomic E-state index is 0.126. The number of benzene rings is 1. The molecule has 1 aromatic carbocycles. The van der Waals surface area contributed by atoms with Crippen LogP contribution in [0.15, 0.2) is 29.2 Å². The van der Waals surface area contributed by atoms with Crippen LogP contribution < -0.4 is 4.90 Å². The summed E-state index contributed by atoms with van der Waals surface area (Å²) in [5, 5.41) is 6.59. The second kappa shape index (κ2) is 7.37. The van der Waals surface area contributed by atoms with E-state index < -0.39 is 10.0 Å². The Labute approximate surface area is 148 Å². The lowest BCUT2D eigenvalue weighted by Gasteiger charge is -2.24. The SMILES string of the molecule is CCN(C(=O)CN(C)S(=O)(=O)c1c(C)n[nH]c1C)c1cccc(C)c1. The first-order valence-corrected chi connectivity index (χ1v) is 9.47. The average Bonchev–Trinajstić information content (AvgIpc) is 2.87. The number of nitrogens with zero attached hydrogens (tertiary/aromatic N) is 3. The van der Waals surface area contributed by atoms with Gasteiger partial charge in [0, 0.05) is 19.3 Å². The molecular weight excluding hydrogens is 340 g/mol. The van der Waals surface area contributed by atoms with Gasteiger partial charge < -0.3 is 4.90 Å². The minimum atomic E-state index is -3.79. The predicted molar refractivity (Wildman–Crippen MR) is 97.1 cm³/mol. The first kappa shape index (κ1) is 19.1. The number of aromatic nitrogens is 2. The van der Waals surface area contributed by atoms with Crippen molar-refractivity contribution >= 4 is 21.6 Å². The molecule has 7 nitrogen and oxygen atoms in total. The second-order valence-corrected chi connectivity index (χ2v) is 7.98. The van der Waals surface area contributed by atoms with Crippen LogP contribution in [0.3, 0.4) is 0 Å². The number of sulfonamides is 1. The Bertz CT molecular complexity index is 854. The Morgan fingerprint density at radius 3 is 2.44 bits per heavy atom. The van der Waals surface area contributed by atoms with Crippen LogP contribution in [0.4, 0.5) is 5.69 Å². The minimum Gasteiger partial charge on any atom is -0.312 e. The summed E-state index contributed by atoms with van der Waals surface area (Å²) >= 11 is 0. The van der Waals surface area contributed by atoms with E-state index in [-0.39, 0.29) is 17.3 Å². The molecule has 2 aromatic rings. The van der Waals surface area contributed by atoms with E-state index in [0.717, 1.165) is 15.6 Å². The number of carbonyl (C=O) groups excluding carboxylic acids is 1. The summed E-state index contributed by atoms with van der Waals surface area (Å²) in [7, 11) is -2.39. The van der Waals surface area contributed by atoms with Crippen molar-refractivity contribution in [1.29, 1.82) is 0 Å². The molecule has 1 heterocycles. The van der Waals surface area contributed by atoms with Crippen molar-refractivity contribution in [3.8, 4) is 0 Å². The van der Waals surface area contributed by atoms with E-state index in [1.54, 1.807) is 18.7 Å². The number of likely N-dealkylation sites (N-methyl/N-ethyl adjacent to an activating group) is 2. The maximum absolute atomic E-state index is 12.8. The third kappa shape index (κ3) is 3.91. The zero-order valence-electron chi connectivity index (χ0n) is 15.2. The van der Waals surface area contributed by atoms with Gasteiger partial charge in [0.05, 0.1) is 17.9 Å². The van der Waals surface area contributed by atoms with Gasteiger partial charge in [0.15, 0.2) is 0 Å². The number of anilines is 1. The molecule has 0 aliphatic rings. The monoisotopic (exact) mass is 364 g/mol. The van der Waals surface area contributed by atoms with Crippen molar-refractivity contribution in [3.05, 3.63) is 41.2 Å². The second-order valence-electron chi connectivity index (χ2n) is 6.00. The Hall–Kier alpha value is -2.19. The summed E-state index contributed by atoms with van der Waals surface area (Å²) in [5.41, 5.74) is 2.65. The third-order valence-electron chi connectivity index (χ3n) is 4.02. The smallest absolute Gasteiger partial charge is 0.246 e. The summed E-state index contributed by atoms with van der Waals surface area (Å²) in [6, 6.07) is 7.57. The molecule has 136 valence electrons. The maximum Gasteiger partial charge on any atom is 0.246 e. The molecule has 0 aliphatic carbocycles. The Balaban J connectivity index is 2.24. The predicted octanol–water partition coefficient (Wildman–Crippen LogP) is 2.01. The summed E-state index contributed by atoms with van der Waals surface area (Å²) in [5.74, 6) is -0.280. The molecule has 0 bridgehead atoms. The van der Waals surface area contributed by atoms with Gasteiger partial charge in [0.1, 0.15) is 4.90 Å². The summed E-state index contributed by atoms with van der Waals surface area (Å²) in [6.07, 6.45) is 0. The van der Waals surface area contributed by atoms with Crippen LogP contribution in [0.2, 0.25) is 0 Å². The van der Waals surface area contributed by atoms with Crippen LogP contribution in [0.5, 0.6) is 0 Å². The number of hydrogen-bond acceptors (Lipinski definition) is 4. The highest BCUT2D eigenvalue weighted by molar-refractivity contribution is 7.89. The first-order chi connectivity index (χ1) is 11.7. The van der Waals surface area contributed by atoms with Crippen molar-refractivity contribution in [1.82, 2.24) is 14.5 Å². The van der Waals surface area contributed by atoms with Crippen LogP contribution in [-0.4, -0.2) is 49.0 Å². The van der Waals surface area contributed by atoms with Crippen molar-refractivity contribution in [2.24, 2.45) is 0 Å². The van der Waals surface area contributed by atoms with E-state index in [1.165, 1.54) is 7.05 Å². The van der Waals surface area contributed by atoms with Gasteiger partial charge in [0.25, 0.3) is 0 Å². The number of carbonyl (C=O) groups is 1. The fraction of sp³-hybridized carbons (Fsp3) is 0.412. The molecule has 0 saturated carbocycles. The number of rotatable bonds is 6. The normalized spacial score (nSPS) is 11.8. The number of H-pyrrole nitrogens is 1. The van der Waals surface area contributed by atoms with Crippen molar-refractivity contribution in [3.63, 3.8) is 0 Å². The number of nitrogens with one attached hydrogen (secondary N) is 1. The van der Waals surface area contributed by atoms with E-state index >= 15 is 0 Å². The number of aryl methyl sites for hydroxylation is 3. The van der Waals surface area contributed by atoms with Crippen LogP contribution >= 0.6 is 0 Å². The molecule has 1 N–H and O–H groups in total. The summed E-state index contributed by atoms with van der Waals surface area (Å²) < 4.78 is 26.6. The number of amides is 1. The lowest BCUT2D eigenvalue weighted by molar-refractivity contribution is -0.118. The molecule has 0 aliphatic heterocycles.